The number of nitrogens with two attached hydrogens (primary N) is 1. The number of anilines is 2. The molecule has 106 valence electrons. The van der Waals surface area contributed by atoms with Crippen molar-refractivity contribution in [2.75, 3.05) is 10.5 Å². The Balaban J connectivity index is 2.46. The molecule has 0 aliphatic carbocycles. The average molecular weight is 421 g/mol. The maximum Gasteiger partial charge on any atom is 0.265 e. The monoisotopic (exact) mass is 419 g/mol. The summed E-state index contributed by atoms with van der Waals surface area (Å²) in [5.74, 6) is 0.264. The molecular weight excluding hydrogens is 410 g/mol. The van der Waals surface area contributed by atoms with Crippen LogP contribution in [0.25, 0.3) is 0 Å². The molecule has 1 aromatic heterocycles. The van der Waals surface area contributed by atoms with Gasteiger partial charge in [-0.3, -0.25) is 4.72 Å². The first-order valence-electron chi connectivity index (χ1n) is 5.49. The first kappa shape index (κ1) is 15.3. The van der Waals surface area contributed by atoms with E-state index in [1.54, 1.807) is 18.3 Å². The minimum atomic E-state index is -3.77. The number of aromatic nitrogens is 1. The van der Waals surface area contributed by atoms with E-state index in [2.05, 4.69) is 41.6 Å². The van der Waals surface area contributed by atoms with E-state index in [4.69, 9.17) is 5.73 Å². The number of aryl methyl sites for hydroxylation is 1. The van der Waals surface area contributed by atoms with Gasteiger partial charge in [0.05, 0.1) is 0 Å². The molecule has 1 aromatic carbocycles. The SMILES string of the molecule is Cc1ccnc(NS(=O)(=O)c2c(Br)cc(N)cc2Br)c1. The van der Waals surface area contributed by atoms with E-state index in [0.29, 0.717) is 14.6 Å². The Bertz CT molecular complexity index is 740. The summed E-state index contributed by atoms with van der Waals surface area (Å²) in [5.41, 5.74) is 7.02. The zero-order valence-corrected chi connectivity index (χ0v) is 14.4. The Kier molecular flexibility index (Phi) is 4.36. The summed E-state index contributed by atoms with van der Waals surface area (Å²) in [7, 11) is -3.77. The van der Waals surface area contributed by atoms with E-state index in [1.165, 1.54) is 12.1 Å². The number of nitrogen functional groups attached to an aromatic ring is 1. The van der Waals surface area contributed by atoms with Crippen LogP contribution in [0.4, 0.5) is 11.5 Å². The quantitative estimate of drug-likeness (QED) is 0.746. The minimum absolute atomic E-state index is 0.0787. The van der Waals surface area contributed by atoms with Gasteiger partial charge in [0, 0.05) is 20.8 Å². The molecule has 1 heterocycles. The van der Waals surface area contributed by atoms with Crippen molar-refractivity contribution in [2.45, 2.75) is 11.8 Å². The van der Waals surface area contributed by atoms with Crippen LogP contribution >= 0.6 is 31.9 Å². The highest BCUT2D eigenvalue weighted by Gasteiger charge is 2.22. The number of sulfonamides is 1. The second-order valence-corrected chi connectivity index (χ2v) is 7.47. The lowest BCUT2D eigenvalue weighted by Gasteiger charge is -2.11. The Labute approximate surface area is 133 Å². The average Bonchev–Trinajstić information content (AvgIpc) is 2.25. The molecule has 2 rings (SSSR count). The molecule has 3 N–H and O–H groups in total. The van der Waals surface area contributed by atoms with Crippen LogP contribution < -0.4 is 10.5 Å². The van der Waals surface area contributed by atoms with Gasteiger partial charge in [-0.1, -0.05) is 0 Å². The molecule has 0 aliphatic rings. The van der Waals surface area contributed by atoms with Crippen LogP contribution in [0.3, 0.4) is 0 Å². The molecule has 2 aromatic rings. The third-order valence-electron chi connectivity index (χ3n) is 2.44. The van der Waals surface area contributed by atoms with E-state index in [-0.39, 0.29) is 10.7 Å². The highest BCUT2D eigenvalue weighted by Crippen LogP contribution is 2.33. The molecule has 0 aliphatic heterocycles. The number of nitrogens with zero attached hydrogens (tertiary/aromatic N) is 1. The van der Waals surface area contributed by atoms with E-state index in [9.17, 15) is 8.42 Å². The lowest BCUT2D eigenvalue weighted by atomic mass is 10.3. The second kappa shape index (κ2) is 5.71. The zero-order chi connectivity index (χ0) is 14.9. The third kappa shape index (κ3) is 3.31. The first-order chi connectivity index (χ1) is 9.29. The minimum Gasteiger partial charge on any atom is -0.399 e. The molecule has 0 saturated heterocycles. The number of hydrogen-bond acceptors (Lipinski definition) is 4. The van der Waals surface area contributed by atoms with E-state index >= 15 is 0 Å². The molecule has 5 nitrogen and oxygen atoms in total. The molecule has 0 amide bonds. The Hall–Kier alpha value is -1.12. The van der Waals surface area contributed by atoms with E-state index in [1.807, 2.05) is 6.92 Å². The standard InChI is InChI=1S/C12H11Br2N3O2S/c1-7-2-3-16-11(4-7)17-20(18,19)12-9(13)5-8(15)6-10(12)14/h2-6H,15H2,1H3,(H,16,17). The summed E-state index contributed by atoms with van der Waals surface area (Å²) in [5, 5.41) is 0. The summed E-state index contributed by atoms with van der Waals surface area (Å²) in [6.45, 7) is 1.86. The fraction of sp³-hybridized carbons (Fsp3) is 0.0833. The summed E-state index contributed by atoms with van der Waals surface area (Å²) in [6.07, 6.45) is 1.54. The van der Waals surface area contributed by atoms with Crippen molar-refractivity contribution in [3.8, 4) is 0 Å². The van der Waals surface area contributed by atoms with Crippen LogP contribution in [0.5, 0.6) is 0 Å². The maximum absolute atomic E-state index is 12.4. The van der Waals surface area contributed by atoms with Gasteiger partial charge in [0.25, 0.3) is 10.0 Å². The predicted octanol–water partition coefficient (Wildman–Crippen LogP) is 3.30. The molecule has 0 bridgehead atoms. The molecular formula is C12H11Br2N3O2S. The summed E-state index contributed by atoms with van der Waals surface area (Å²) < 4.78 is 28.0. The van der Waals surface area contributed by atoms with Gasteiger partial charge >= 0.3 is 0 Å². The molecule has 0 spiro atoms. The maximum atomic E-state index is 12.4. The van der Waals surface area contributed by atoms with Crippen molar-refractivity contribution in [2.24, 2.45) is 0 Å². The fourth-order valence-electron chi connectivity index (χ4n) is 1.62. The third-order valence-corrected chi connectivity index (χ3v) is 5.67. The number of hydrogen-bond donors (Lipinski definition) is 2. The van der Waals surface area contributed by atoms with Crippen molar-refractivity contribution in [1.29, 1.82) is 0 Å². The number of nitrogens with one attached hydrogen (secondary N) is 1. The number of pyridine rings is 1. The molecule has 20 heavy (non-hydrogen) atoms. The highest BCUT2D eigenvalue weighted by atomic mass is 79.9. The van der Waals surface area contributed by atoms with Gasteiger partial charge in [-0.15, -0.1) is 0 Å². The van der Waals surface area contributed by atoms with Crippen LogP contribution in [-0.4, -0.2) is 13.4 Å². The van der Waals surface area contributed by atoms with Gasteiger partial charge < -0.3 is 5.73 Å². The summed E-state index contributed by atoms with van der Waals surface area (Å²) in [4.78, 5) is 4.06. The second-order valence-electron chi connectivity index (χ2n) is 4.14. The molecule has 0 saturated carbocycles. The Morgan fingerprint density at radius 3 is 2.35 bits per heavy atom. The van der Waals surface area contributed by atoms with E-state index in [0.717, 1.165) is 5.56 Å². The molecule has 0 radical (unpaired) electrons. The van der Waals surface area contributed by atoms with Crippen molar-refractivity contribution in [3.63, 3.8) is 0 Å². The predicted molar refractivity (Wildman–Crippen MR) is 86.0 cm³/mol. The van der Waals surface area contributed by atoms with E-state index < -0.39 is 10.0 Å². The van der Waals surface area contributed by atoms with Crippen molar-refractivity contribution in [1.82, 2.24) is 4.98 Å². The molecule has 8 heteroatoms. The van der Waals surface area contributed by atoms with Crippen LogP contribution in [0.15, 0.2) is 44.3 Å². The molecule has 0 atom stereocenters. The van der Waals surface area contributed by atoms with Gasteiger partial charge in [-0.2, -0.15) is 0 Å². The highest BCUT2D eigenvalue weighted by molar-refractivity contribution is 9.11. The lowest BCUT2D eigenvalue weighted by molar-refractivity contribution is 0.600. The van der Waals surface area contributed by atoms with Crippen LogP contribution in [0, 0.1) is 6.92 Å². The molecule has 0 unspecified atom stereocenters. The molecule has 0 fully saturated rings. The number of halogens is 2. The first-order valence-corrected chi connectivity index (χ1v) is 8.56. The Morgan fingerprint density at radius 2 is 1.80 bits per heavy atom. The number of benzene rings is 1. The van der Waals surface area contributed by atoms with Crippen molar-refractivity contribution >= 4 is 53.4 Å². The van der Waals surface area contributed by atoms with Gasteiger partial charge in [0.2, 0.25) is 0 Å². The lowest BCUT2D eigenvalue weighted by Crippen LogP contribution is -2.15. The summed E-state index contributed by atoms with van der Waals surface area (Å²) in [6, 6.07) is 6.50. The smallest absolute Gasteiger partial charge is 0.265 e. The van der Waals surface area contributed by atoms with Gasteiger partial charge in [0.1, 0.15) is 10.7 Å². The Morgan fingerprint density at radius 1 is 1.20 bits per heavy atom. The van der Waals surface area contributed by atoms with Gasteiger partial charge in [0.15, 0.2) is 0 Å². The van der Waals surface area contributed by atoms with Crippen LogP contribution in [-0.2, 0) is 10.0 Å². The topological polar surface area (TPSA) is 85.1 Å². The summed E-state index contributed by atoms with van der Waals surface area (Å²) >= 11 is 6.42. The normalized spacial score (nSPS) is 11.3. The fourth-order valence-corrected chi connectivity index (χ4v) is 5.24. The van der Waals surface area contributed by atoms with Crippen molar-refractivity contribution < 1.29 is 8.42 Å². The van der Waals surface area contributed by atoms with Crippen molar-refractivity contribution in [3.05, 3.63) is 45.0 Å². The van der Waals surface area contributed by atoms with Gasteiger partial charge in [-0.05, 0) is 68.6 Å². The van der Waals surface area contributed by atoms with Gasteiger partial charge in [-0.25, -0.2) is 13.4 Å². The zero-order valence-electron chi connectivity index (χ0n) is 10.4. The van der Waals surface area contributed by atoms with Crippen LogP contribution in [0.2, 0.25) is 0 Å². The largest absolute Gasteiger partial charge is 0.399 e. The number of rotatable bonds is 3. The van der Waals surface area contributed by atoms with Crippen LogP contribution in [0.1, 0.15) is 5.56 Å².